The summed E-state index contributed by atoms with van der Waals surface area (Å²) in [4.78, 5) is 7.30. The molecule has 2 rings (SSSR count). The molecule has 2 saturated heterocycles. The normalized spacial score (nSPS) is 26.4. The van der Waals surface area contributed by atoms with E-state index in [1.807, 2.05) is 0 Å². The van der Waals surface area contributed by atoms with E-state index in [2.05, 4.69) is 43.2 Å². The number of ether oxygens (including phenoxy) is 2. The molecule has 0 aliphatic carbocycles. The lowest BCUT2D eigenvalue weighted by Crippen LogP contribution is -2.52. The Hall–Kier alpha value is -0.120. The van der Waals surface area contributed by atoms with Gasteiger partial charge in [-0.1, -0.05) is 13.8 Å². The minimum atomic E-state index is -0.0932. The molecule has 25 heavy (non-hydrogen) atoms. The number of nitrogens with one attached hydrogen (secondary N) is 2. The van der Waals surface area contributed by atoms with E-state index >= 15 is 0 Å². The summed E-state index contributed by atoms with van der Waals surface area (Å²) < 4.78 is 11.3. The van der Waals surface area contributed by atoms with Crippen molar-refractivity contribution >= 4 is 29.9 Å². The van der Waals surface area contributed by atoms with E-state index in [9.17, 15) is 0 Å². The van der Waals surface area contributed by atoms with Gasteiger partial charge in [-0.2, -0.15) is 0 Å². The van der Waals surface area contributed by atoms with Gasteiger partial charge in [0, 0.05) is 38.8 Å². The Balaban J connectivity index is 0.00000312. The van der Waals surface area contributed by atoms with Gasteiger partial charge in [0.05, 0.1) is 25.4 Å². The highest BCUT2D eigenvalue weighted by Crippen LogP contribution is 2.25. The number of nitrogens with zero attached hydrogens (tertiary/aromatic N) is 2. The quantitative estimate of drug-likeness (QED) is 0.341. The van der Waals surface area contributed by atoms with E-state index in [0.29, 0.717) is 18.5 Å². The van der Waals surface area contributed by atoms with Crippen molar-refractivity contribution in [3.63, 3.8) is 0 Å². The summed E-state index contributed by atoms with van der Waals surface area (Å²) in [5.74, 6) is 1.49. The molecule has 2 heterocycles. The molecule has 0 radical (unpaired) electrons. The Labute approximate surface area is 170 Å². The van der Waals surface area contributed by atoms with Gasteiger partial charge in [-0.05, 0) is 32.6 Å². The van der Waals surface area contributed by atoms with E-state index in [1.165, 1.54) is 0 Å². The van der Waals surface area contributed by atoms with Gasteiger partial charge in [0.1, 0.15) is 0 Å². The number of morpholine rings is 1. The zero-order valence-corrected chi connectivity index (χ0v) is 18.7. The smallest absolute Gasteiger partial charge is 0.191 e. The van der Waals surface area contributed by atoms with Crippen LogP contribution in [0.25, 0.3) is 0 Å². The zero-order chi connectivity index (χ0) is 17.4. The van der Waals surface area contributed by atoms with Gasteiger partial charge >= 0.3 is 0 Å². The van der Waals surface area contributed by atoms with Crippen LogP contribution in [0.5, 0.6) is 0 Å². The Morgan fingerprint density at radius 1 is 1.20 bits per heavy atom. The summed E-state index contributed by atoms with van der Waals surface area (Å²) in [6, 6.07) is 0.496. The lowest BCUT2D eigenvalue weighted by molar-refractivity contribution is 0.00747. The van der Waals surface area contributed by atoms with Crippen LogP contribution in [0.4, 0.5) is 0 Å². The molecule has 0 aromatic heterocycles. The van der Waals surface area contributed by atoms with Crippen LogP contribution in [0, 0.1) is 5.92 Å². The first kappa shape index (κ1) is 22.9. The van der Waals surface area contributed by atoms with Crippen LogP contribution in [0.1, 0.15) is 40.5 Å². The monoisotopic (exact) mass is 468 g/mol. The van der Waals surface area contributed by atoms with Crippen LogP contribution in [0.3, 0.4) is 0 Å². The number of hydrogen-bond acceptors (Lipinski definition) is 4. The van der Waals surface area contributed by atoms with E-state index in [0.717, 1.165) is 64.8 Å². The van der Waals surface area contributed by atoms with Crippen LogP contribution >= 0.6 is 24.0 Å². The first-order chi connectivity index (χ1) is 11.5. The van der Waals surface area contributed by atoms with E-state index in [4.69, 9.17) is 14.5 Å². The Kier molecular flexibility index (Phi) is 10.6. The minimum Gasteiger partial charge on any atom is -0.379 e. The maximum atomic E-state index is 5.84. The highest BCUT2D eigenvalue weighted by molar-refractivity contribution is 14.0. The van der Waals surface area contributed by atoms with Crippen LogP contribution in [-0.4, -0.2) is 75.0 Å². The molecule has 7 heteroatoms. The first-order valence-electron chi connectivity index (χ1n) is 9.52. The Bertz CT molecular complexity index is 395. The minimum absolute atomic E-state index is 0. The molecular formula is C18H37IN4O2. The van der Waals surface area contributed by atoms with Gasteiger partial charge in [0.2, 0.25) is 0 Å². The molecule has 2 fully saturated rings. The lowest BCUT2D eigenvalue weighted by atomic mass is 10.0. The van der Waals surface area contributed by atoms with Crippen molar-refractivity contribution < 1.29 is 9.47 Å². The van der Waals surface area contributed by atoms with Crippen molar-refractivity contribution in [2.45, 2.75) is 52.2 Å². The average Bonchev–Trinajstić information content (AvgIpc) is 3.00. The van der Waals surface area contributed by atoms with Crippen molar-refractivity contribution in [3.05, 3.63) is 0 Å². The highest BCUT2D eigenvalue weighted by atomic mass is 127. The maximum absolute atomic E-state index is 5.84. The molecule has 2 aliphatic rings. The molecule has 2 atom stereocenters. The van der Waals surface area contributed by atoms with E-state index < -0.39 is 0 Å². The van der Waals surface area contributed by atoms with Gasteiger partial charge in [0.25, 0.3) is 0 Å². The predicted octanol–water partition coefficient (Wildman–Crippen LogP) is 2.09. The first-order valence-corrected chi connectivity index (χ1v) is 9.52. The molecule has 0 amide bonds. The molecule has 0 aromatic rings. The van der Waals surface area contributed by atoms with Gasteiger partial charge in [-0.15, -0.1) is 24.0 Å². The number of guanidine groups is 1. The second-order valence-electron chi connectivity index (χ2n) is 7.44. The summed E-state index contributed by atoms with van der Waals surface area (Å²) >= 11 is 0. The lowest BCUT2D eigenvalue weighted by Gasteiger charge is -2.37. The van der Waals surface area contributed by atoms with Crippen LogP contribution in [0.15, 0.2) is 4.99 Å². The third-order valence-electron chi connectivity index (χ3n) is 4.98. The standard InChI is InChI=1S/C18H36N4O2.HI/c1-5-19-17(21-14-18(4)7-6-10-24-18)20-13-16(15(2)3)22-8-11-23-12-9-22;/h15-16H,5-14H2,1-4H3,(H2,19,20,21);1H. The summed E-state index contributed by atoms with van der Waals surface area (Å²) in [7, 11) is 0. The van der Waals surface area contributed by atoms with Crippen molar-refractivity contribution in [1.82, 2.24) is 15.5 Å². The molecule has 0 spiro atoms. The second kappa shape index (κ2) is 11.6. The second-order valence-corrected chi connectivity index (χ2v) is 7.44. The van der Waals surface area contributed by atoms with E-state index in [1.54, 1.807) is 0 Å². The van der Waals surface area contributed by atoms with Crippen LogP contribution in [-0.2, 0) is 9.47 Å². The summed E-state index contributed by atoms with van der Waals surface area (Å²) in [6.07, 6.45) is 2.24. The Morgan fingerprint density at radius 3 is 2.48 bits per heavy atom. The number of aliphatic imine (C=N–C) groups is 1. The fourth-order valence-electron chi connectivity index (χ4n) is 3.45. The summed E-state index contributed by atoms with van der Waals surface area (Å²) in [6.45, 7) is 15.9. The van der Waals surface area contributed by atoms with Crippen molar-refractivity contribution in [3.8, 4) is 0 Å². The van der Waals surface area contributed by atoms with Gasteiger partial charge in [-0.3, -0.25) is 9.89 Å². The van der Waals surface area contributed by atoms with Crippen molar-refractivity contribution in [2.24, 2.45) is 10.9 Å². The van der Waals surface area contributed by atoms with Crippen molar-refractivity contribution in [1.29, 1.82) is 0 Å². The molecule has 0 bridgehead atoms. The molecule has 0 aromatic carbocycles. The topological polar surface area (TPSA) is 58.1 Å². The van der Waals surface area contributed by atoms with Crippen LogP contribution in [0.2, 0.25) is 0 Å². The van der Waals surface area contributed by atoms with Gasteiger partial charge in [-0.25, -0.2) is 0 Å². The molecule has 2 N–H and O–H groups in total. The van der Waals surface area contributed by atoms with Crippen LogP contribution < -0.4 is 10.6 Å². The molecule has 148 valence electrons. The number of rotatable bonds is 7. The number of halogens is 1. The fraction of sp³-hybridized carbons (Fsp3) is 0.944. The molecule has 0 saturated carbocycles. The molecular weight excluding hydrogens is 431 g/mol. The fourth-order valence-corrected chi connectivity index (χ4v) is 3.45. The Morgan fingerprint density at radius 2 is 1.92 bits per heavy atom. The summed E-state index contributed by atoms with van der Waals surface area (Å²) in [5.41, 5.74) is -0.0932. The van der Waals surface area contributed by atoms with E-state index in [-0.39, 0.29) is 29.6 Å². The molecule has 2 unspecified atom stereocenters. The summed E-state index contributed by atoms with van der Waals surface area (Å²) in [5, 5.41) is 6.90. The zero-order valence-electron chi connectivity index (χ0n) is 16.3. The number of hydrogen-bond donors (Lipinski definition) is 2. The molecule has 2 aliphatic heterocycles. The highest BCUT2D eigenvalue weighted by Gasteiger charge is 2.29. The van der Waals surface area contributed by atoms with Gasteiger partial charge < -0.3 is 20.1 Å². The third-order valence-corrected chi connectivity index (χ3v) is 4.98. The third kappa shape index (κ3) is 7.56. The largest absolute Gasteiger partial charge is 0.379 e. The predicted molar refractivity (Wildman–Crippen MR) is 114 cm³/mol. The average molecular weight is 468 g/mol. The van der Waals surface area contributed by atoms with Crippen molar-refractivity contribution in [2.75, 3.05) is 52.5 Å². The molecule has 6 nitrogen and oxygen atoms in total. The van der Waals surface area contributed by atoms with Gasteiger partial charge in [0.15, 0.2) is 5.96 Å². The SMILES string of the molecule is CCNC(=NCC1(C)CCCO1)NCC(C(C)C)N1CCOCC1.I. The maximum Gasteiger partial charge on any atom is 0.191 e.